The third-order valence-corrected chi connectivity index (χ3v) is 4.28. The van der Waals surface area contributed by atoms with Crippen LogP contribution >= 0.6 is 11.6 Å². The number of methoxy groups -OCH3 is 1. The van der Waals surface area contributed by atoms with Crippen molar-refractivity contribution in [1.29, 1.82) is 0 Å². The van der Waals surface area contributed by atoms with Crippen molar-refractivity contribution in [2.24, 2.45) is 0 Å². The topological polar surface area (TPSA) is 42.7 Å². The summed E-state index contributed by atoms with van der Waals surface area (Å²) in [7, 11) is 1.66. The molecule has 1 aromatic heterocycles. The van der Waals surface area contributed by atoms with Gasteiger partial charge in [-0.25, -0.2) is 0 Å². The lowest BCUT2D eigenvalue weighted by Gasteiger charge is -2.22. The first kappa shape index (κ1) is 15.1. The molecular weight excluding hydrogens is 302 g/mol. The molecule has 22 heavy (non-hydrogen) atoms. The summed E-state index contributed by atoms with van der Waals surface area (Å²) in [5.41, 5.74) is 0.790. The summed E-state index contributed by atoms with van der Waals surface area (Å²) >= 11 is 6.17. The molecule has 3 rings (SSSR count). The lowest BCUT2D eigenvalue weighted by atomic mass is 10.2. The fourth-order valence-electron chi connectivity index (χ4n) is 2.87. The molecule has 116 valence electrons. The number of ether oxygens (including phenoxy) is 1. The van der Waals surface area contributed by atoms with Gasteiger partial charge in [-0.3, -0.25) is 4.79 Å². The molecule has 1 aromatic carbocycles. The Morgan fingerprint density at radius 3 is 2.95 bits per heavy atom. The third kappa shape index (κ3) is 2.89. The van der Waals surface area contributed by atoms with E-state index in [2.05, 4.69) is 0 Å². The number of nitrogens with zero attached hydrogens (tertiary/aromatic N) is 1. The van der Waals surface area contributed by atoms with Gasteiger partial charge >= 0.3 is 0 Å². The Morgan fingerprint density at radius 1 is 1.36 bits per heavy atom. The summed E-state index contributed by atoms with van der Waals surface area (Å²) in [6, 6.07) is 11.1. The maximum Gasteiger partial charge on any atom is 0.289 e. The molecule has 0 saturated carbocycles. The normalized spacial score (nSPS) is 17.9. The van der Waals surface area contributed by atoms with E-state index < -0.39 is 0 Å². The Labute approximate surface area is 134 Å². The van der Waals surface area contributed by atoms with Crippen molar-refractivity contribution in [3.8, 4) is 11.3 Å². The molecule has 0 aliphatic carbocycles. The van der Waals surface area contributed by atoms with Crippen LogP contribution in [0.25, 0.3) is 11.3 Å². The molecule has 1 atom stereocenters. The van der Waals surface area contributed by atoms with Crippen molar-refractivity contribution in [2.75, 3.05) is 20.3 Å². The fraction of sp³-hybridized carbons (Fsp3) is 0.353. The Hall–Kier alpha value is -1.78. The van der Waals surface area contributed by atoms with E-state index in [-0.39, 0.29) is 11.9 Å². The summed E-state index contributed by atoms with van der Waals surface area (Å²) in [6.45, 7) is 1.30. The van der Waals surface area contributed by atoms with Gasteiger partial charge in [-0.15, -0.1) is 0 Å². The zero-order valence-electron chi connectivity index (χ0n) is 12.4. The number of likely N-dealkylation sites (tertiary alicyclic amines) is 1. The van der Waals surface area contributed by atoms with Crippen LogP contribution in [0.1, 0.15) is 23.4 Å². The Balaban J connectivity index is 1.82. The van der Waals surface area contributed by atoms with E-state index in [0.29, 0.717) is 23.2 Å². The highest BCUT2D eigenvalue weighted by molar-refractivity contribution is 6.33. The summed E-state index contributed by atoms with van der Waals surface area (Å²) in [5.74, 6) is 0.868. The van der Waals surface area contributed by atoms with Gasteiger partial charge in [0.25, 0.3) is 5.91 Å². The van der Waals surface area contributed by atoms with Crippen LogP contribution in [0.2, 0.25) is 5.02 Å². The second-order valence-electron chi connectivity index (χ2n) is 5.39. The number of carbonyl (C=O) groups excluding carboxylic acids is 1. The smallest absolute Gasteiger partial charge is 0.289 e. The van der Waals surface area contributed by atoms with E-state index in [1.165, 1.54) is 0 Å². The van der Waals surface area contributed by atoms with Crippen molar-refractivity contribution in [1.82, 2.24) is 4.90 Å². The first-order valence-corrected chi connectivity index (χ1v) is 7.73. The van der Waals surface area contributed by atoms with Crippen LogP contribution in [0.4, 0.5) is 0 Å². The van der Waals surface area contributed by atoms with Crippen molar-refractivity contribution in [3.05, 3.63) is 47.2 Å². The summed E-state index contributed by atoms with van der Waals surface area (Å²) in [4.78, 5) is 14.4. The minimum absolute atomic E-state index is 0.0853. The number of hydrogen-bond acceptors (Lipinski definition) is 3. The SMILES string of the molecule is COCC1CCCN1C(=O)c1ccc(-c2ccccc2Cl)o1. The number of halogens is 1. The monoisotopic (exact) mass is 319 g/mol. The standard InChI is InChI=1S/C17H18ClNO3/c1-21-11-12-5-4-10-19(12)17(20)16-9-8-15(22-16)13-6-2-3-7-14(13)18/h2-3,6-9,12H,4-5,10-11H2,1H3. The van der Waals surface area contributed by atoms with Crippen LogP contribution in [-0.4, -0.2) is 37.1 Å². The molecule has 0 radical (unpaired) electrons. The van der Waals surface area contributed by atoms with Gasteiger partial charge in [0.15, 0.2) is 5.76 Å². The number of rotatable bonds is 4. The van der Waals surface area contributed by atoms with Gasteiger partial charge in [-0.2, -0.15) is 0 Å². The van der Waals surface area contributed by atoms with E-state index >= 15 is 0 Å². The third-order valence-electron chi connectivity index (χ3n) is 3.95. The second kappa shape index (κ2) is 6.55. The molecule has 2 aromatic rings. The number of furan rings is 1. The predicted molar refractivity (Wildman–Crippen MR) is 85.1 cm³/mol. The highest BCUT2D eigenvalue weighted by atomic mass is 35.5. The summed E-state index contributed by atoms with van der Waals surface area (Å²) in [5, 5.41) is 0.606. The van der Waals surface area contributed by atoms with Crippen LogP contribution in [0.15, 0.2) is 40.8 Å². The van der Waals surface area contributed by atoms with Gasteiger partial charge in [0.2, 0.25) is 0 Å². The second-order valence-corrected chi connectivity index (χ2v) is 5.80. The highest BCUT2D eigenvalue weighted by Gasteiger charge is 2.31. The zero-order chi connectivity index (χ0) is 15.5. The molecule has 1 unspecified atom stereocenters. The molecule has 1 aliphatic rings. The van der Waals surface area contributed by atoms with Gasteiger partial charge in [0.05, 0.1) is 17.7 Å². The van der Waals surface area contributed by atoms with Gasteiger partial charge < -0.3 is 14.1 Å². The van der Waals surface area contributed by atoms with E-state index in [9.17, 15) is 4.79 Å². The molecule has 1 saturated heterocycles. The number of hydrogen-bond donors (Lipinski definition) is 0. The van der Waals surface area contributed by atoms with Crippen molar-refractivity contribution >= 4 is 17.5 Å². The Bertz CT molecular complexity index is 667. The van der Waals surface area contributed by atoms with Gasteiger partial charge in [-0.05, 0) is 37.1 Å². The molecule has 0 bridgehead atoms. The predicted octanol–water partition coefficient (Wildman–Crippen LogP) is 3.85. The van der Waals surface area contributed by atoms with Crippen LogP contribution in [0.5, 0.6) is 0 Å². The average molecular weight is 320 g/mol. The highest BCUT2D eigenvalue weighted by Crippen LogP contribution is 2.30. The first-order valence-electron chi connectivity index (χ1n) is 7.35. The van der Waals surface area contributed by atoms with Crippen LogP contribution in [0, 0.1) is 0 Å². The molecular formula is C17H18ClNO3. The molecule has 4 nitrogen and oxygen atoms in total. The Morgan fingerprint density at radius 2 is 2.18 bits per heavy atom. The molecule has 1 aliphatic heterocycles. The van der Waals surface area contributed by atoms with Gasteiger partial charge in [0.1, 0.15) is 5.76 Å². The van der Waals surface area contributed by atoms with E-state index in [1.807, 2.05) is 23.1 Å². The minimum Gasteiger partial charge on any atom is -0.451 e. The quantitative estimate of drug-likeness (QED) is 0.859. The van der Waals surface area contributed by atoms with Crippen LogP contribution in [0.3, 0.4) is 0 Å². The average Bonchev–Trinajstić information content (AvgIpc) is 3.17. The molecule has 0 spiro atoms. The van der Waals surface area contributed by atoms with E-state index in [0.717, 1.165) is 24.9 Å². The minimum atomic E-state index is -0.0853. The largest absolute Gasteiger partial charge is 0.451 e. The summed E-state index contributed by atoms with van der Waals surface area (Å²) < 4.78 is 10.9. The number of amides is 1. The fourth-order valence-corrected chi connectivity index (χ4v) is 3.10. The maximum absolute atomic E-state index is 12.6. The number of benzene rings is 1. The molecule has 5 heteroatoms. The van der Waals surface area contributed by atoms with Crippen molar-refractivity contribution < 1.29 is 13.9 Å². The molecule has 1 amide bonds. The molecule has 1 fully saturated rings. The van der Waals surface area contributed by atoms with Gasteiger partial charge in [-0.1, -0.05) is 23.7 Å². The summed E-state index contributed by atoms with van der Waals surface area (Å²) in [6.07, 6.45) is 1.97. The first-order chi connectivity index (χ1) is 10.7. The molecule has 0 N–H and O–H groups in total. The van der Waals surface area contributed by atoms with E-state index in [1.54, 1.807) is 25.3 Å². The van der Waals surface area contributed by atoms with Crippen molar-refractivity contribution in [2.45, 2.75) is 18.9 Å². The van der Waals surface area contributed by atoms with Crippen molar-refractivity contribution in [3.63, 3.8) is 0 Å². The van der Waals surface area contributed by atoms with Crippen LogP contribution in [-0.2, 0) is 4.74 Å². The lowest BCUT2D eigenvalue weighted by molar-refractivity contribution is 0.0601. The number of carbonyl (C=O) groups is 1. The van der Waals surface area contributed by atoms with E-state index in [4.69, 9.17) is 20.8 Å². The Kier molecular flexibility index (Phi) is 4.50. The maximum atomic E-state index is 12.6. The van der Waals surface area contributed by atoms with Gasteiger partial charge in [0, 0.05) is 19.2 Å². The van der Waals surface area contributed by atoms with Crippen LogP contribution < -0.4 is 0 Å². The lowest BCUT2D eigenvalue weighted by Crippen LogP contribution is -2.37. The zero-order valence-corrected chi connectivity index (χ0v) is 13.2. The molecule has 2 heterocycles.